The van der Waals surface area contributed by atoms with Crippen molar-refractivity contribution >= 4 is 22.8 Å². The van der Waals surface area contributed by atoms with E-state index in [1.54, 1.807) is 0 Å². The van der Waals surface area contributed by atoms with E-state index in [0.29, 0.717) is 13.0 Å². The lowest BCUT2D eigenvalue weighted by molar-refractivity contribution is -0.896. The van der Waals surface area contributed by atoms with E-state index >= 15 is 0 Å². The minimum absolute atomic E-state index is 0.0906. The van der Waals surface area contributed by atoms with Gasteiger partial charge in [0.15, 0.2) is 6.54 Å². The first-order valence-corrected chi connectivity index (χ1v) is 8.93. The van der Waals surface area contributed by atoms with Crippen LogP contribution in [0.15, 0.2) is 30.5 Å². The molecule has 2 aromatic rings. The van der Waals surface area contributed by atoms with E-state index in [2.05, 4.69) is 10.3 Å². The zero-order valence-corrected chi connectivity index (χ0v) is 14.6. The smallest absolute Gasteiger partial charge is 0.328 e. The first-order chi connectivity index (χ1) is 12.2. The summed E-state index contributed by atoms with van der Waals surface area (Å²) in [6.45, 7) is 2.47. The van der Waals surface area contributed by atoms with Gasteiger partial charge in [0.05, 0.1) is 20.2 Å². The standard InChI is InChI=1S/C19H25N3O3/c1-25-19(24)17(21-18(23)13-22-9-5-2-6-10-22)11-14-12-20-16-8-4-3-7-15(14)16/h3-4,7-8,12,17,20H,2,5-6,9-11,13H2,1H3,(H,21,23)/p+1/t17-/m1/s1. The van der Waals surface area contributed by atoms with Crippen LogP contribution < -0.4 is 10.2 Å². The molecule has 0 unspecified atom stereocenters. The highest BCUT2D eigenvalue weighted by Crippen LogP contribution is 2.19. The minimum Gasteiger partial charge on any atom is -0.467 e. The molecule has 2 heterocycles. The maximum absolute atomic E-state index is 12.4. The summed E-state index contributed by atoms with van der Waals surface area (Å²) in [5.41, 5.74) is 2.02. The summed E-state index contributed by atoms with van der Waals surface area (Å²) in [6.07, 6.45) is 5.88. The fourth-order valence-electron chi connectivity index (χ4n) is 3.56. The van der Waals surface area contributed by atoms with Crippen LogP contribution in [0, 0.1) is 0 Å². The zero-order valence-electron chi connectivity index (χ0n) is 14.6. The molecule has 1 atom stereocenters. The number of rotatable bonds is 6. The number of amides is 1. The number of hydrogen-bond donors (Lipinski definition) is 3. The topological polar surface area (TPSA) is 75.6 Å². The van der Waals surface area contributed by atoms with Gasteiger partial charge in [-0.15, -0.1) is 0 Å². The molecule has 1 aliphatic rings. The van der Waals surface area contributed by atoms with Gasteiger partial charge in [-0.05, 0) is 30.9 Å². The van der Waals surface area contributed by atoms with Crippen LogP contribution in [-0.2, 0) is 20.7 Å². The molecular weight excluding hydrogens is 318 g/mol. The number of piperidine rings is 1. The second-order valence-corrected chi connectivity index (χ2v) is 6.69. The summed E-state index contributed by atoms with van der Waals surface area (Å²) in [5, 5.41) is 3.93. The molecule has 0 radical (unpaired) electrons. The number of carbonyl (C=O) groups is 2. The summed E-state index contributed by atoms with van der Waals surface area (Å²) in [4.78, 5) is 29.0. The van der Waals surface area contributed by atoms with E-state index in [1.807, 2.05) is 30.5 Å². The number of nitrogens with one attached hydrogen (secondary N) is 3. The highest BCUT2D eigenvalue weighted by molar-refractivity contribution is 5.87. The Balaban J connectivity index is 1.67. The molecule has 1 aliphatic heterocycles. The third kappa shape index (κ3) is 4.39. The Labute approximate surface area is 147 Å². The maximum atomic E-state index is 12.4. The van der Waals surface area contributed by atoms with Crippen LogP contribution in [0.1, 0.15) is 24.8 Å². The average Bonchev–Trinajstić information content (AvgIpc) is 3.04. The number of para-hydroxylation sites is 1. The second kappa shape index (κ2) is 8.16. The Morgan fingerprint density at radius 2 is 2.00 bits per heavy atom. The van der Waals surface area contributed by atoms with Crippen LogP contribution in [0.4, 0.5) is 0 Å². The monoisotopic (exact) mass is 344 g/mol. The zero-order chi connectivity index (χ0) is 17.6. The number of fused-ring (bicyclic) bond motifs is 1. The third-order valence-electron chi connectivity index (χ3n) is 4.89. The molecule has 0 aliphatic carbocycles. The molecule has 1 aromatic heterocycles. The van der Waals surface area contributed by atoms with Gasteiger partial charge in [0.2, 0.25) is 0 Å². The second-order valence-electron chi connectivity index (χ2n) is 6.69. The lowest BCUT2D eigenvalue weighted by Gasteiger charge is -2.24. The Kier molecular flexibility index (Phi) is 5.71. The van der Waals surface area contributed by atoms with Gasteiger partial charge in [-0.2, -0.15) is 0 Å². The lowest BCUT2D eigenvalue weighted by Crippen LogP contribution is -3.14. The molecule has 1 fully saturated rings. The van der Waals surface area contributed by atoms with Crippen molar-refractivity contribution in [3.8, 4) is 0 Å². The van der Waals surface area contributed by atoms with Crippen molar-refractivity contribution in [2.45, 2.75) is 31.7 Å². The number of hydrogen-bond acceptors (Lipinski definition) is 3. The van der Waals surface area contributed by atoms with Crippen LogP contribution in [0.5, 0.6) is 0 Å². The predicted molar refractivity (Wildman–Crippen MR) is 95.4 cm³/mol. The Hall–Kier alpha value is -2.34. The molecule has 1 aromatic carbocycles. The molecular formula is C19H26N3O3+. The van der Waals surface area contributed by atoms with E-state index in [9.17, 15) is 9.59 Å². The van der Waals surface area contributed by atoms with Crippen molar-refractivity contribution in [2.75, 3.05) is 26.7 Å². The van der Waals surface area contributed by atoms with Crippen molar-refractivity contribution in [3.63, 3.8) is 0 Å². The molecule has 1 amide bonds. The number of H-pyrrole nitrogens is 1. The normalized spacial score (nSPS) is 16.5. The third-order valence-corrected chi connectivity index (χ3v) is 4.89. The number of aromatic nitrogens is 1. The molecule has 1 saturated heterocycles. The molecule has 3 N–H and O–H groups in total. The highest BCUT2D eigenvalue weighted by atomic mass is 16.5. The van der Waals surface area contributed by atoms with Crippen LogP contribution in [-0.4, -0.2) is 49.6 Å². The van der Waals surface area contributed by atoms with Gasteiger partial charge in [-0.25, -0.2) is 4.79 Å². The number of benzene rings is 1. The van der Waals surface area contributed by atoms with Crippen molar-refractivity contribution in [1.29, 1.82) is 0 Å². The van der Waals surface area contributed by atoms with Crippen LogP contribution in [0.25, 0.3) is 10.9 Å². The largest absolute Gasteiger partial charge is 0.467 e. The number of quaternary nitrogens is 1. The SMILES string of the molecule is COC(=O)[C@@H](Cc1c[nH]c2ccccc12)NC(=O)C[NH+]1CCCCC1. The van der Waals surface area contributed by atoms with Crippen molar-refractivity contribution in [1.82, 2.24) is 10.3 Å². The first-order valence-electron chi connectivity index (χ1n) is 8.93. The summed E-state index contributed by atoms with van der Waals surface area (Å²) in [7, 11) is 1.35. The number of aromatic amines is 1. The van der Waals surface area contributed by atoms with E-state index in [-0.39, 0.29) is 5.91 Å². The van der Waals surface area contributed by atoms with Gasteiger partial charge in [0, 0.05) is 23.5 Å². The van der Waals surface area contributed by atoms with Gasteiger partial charge < -0.3 is 19.9 Å². The number of carbonyl (C=O) groups excluding carboxylic acids is 2. The lowest BCUT2D eigenvalue weighted by atomic mass is 10.0. The van der Waals surface area contributed by atoms with Crippen molar-refractivity contribution < 1.29 is 19.2 Å². The molecule has 6 heteroatoms. The summed E-state index contributed by atoms with van der Waals surface area (Å²) >= 11 is 0. The van der Waals surface area contributed by atoms with Gasteiger partial charge >= 0.3 is 5.97 Å². The number of methoxy groups -OCH3 is 1. The van der Waals surface area contributed by atoms with Crippen LogP contribution in [0.2, 0.25) is 0 Å². The van der Waals surface area contributed by atoms with E-state index in [1.165, 1.54) is 31.3 Å². The first kappa shape index (κ1) is 17.5. The van der Waals surface area contributed by atoms with Gasteiger partial charge in [-0.1, -0.05) is 18.2 Å². The molecule has 25 heavy (non-hydrogen) atoms. The van der Waals surface area contributed by atoms with Crippen LogP contribution in [0.3, 0.4) is 0 Å². The van der Waals surface area contributed by atoms with E-state index in [4.69, 9.17) is 4.74 Å². The predicted octanol–water partition coefficient (Wildman–Crippen LogP) is 0.437. The quantitative estimate of drug-likeness (QED) is 0.666. The minimum atomic E-state index is -0.666. The summed E-state index contributed by atoms with van der Waals surface area (Å²) < 4.78 is 4.89. The van der Waals surface area contributed by atoms with Crippen molar-refractivity contribution in [2.24, 2.45) is 0 Å². The Bertz CT molecular complexity index is 734. The summed E-state index contributed by atoms with van der Waals surface area (Å²) in [6, 6.07) is 7.26. The van der Waals surface area contributed by atoms with Crippen molar-refractivity contribution in [3.05, 3.63) is 36.0 Å². The maximum Gasteiger partial charge on any atom is 0.328 e. The fraction of sp³-hybridized carbons (Fsp3) is 0.474. The number of likely N-dealkylation sites (tertiary alicyclic amines) is 1. The molecule has 0 bridgehead atoms. The molecule has 0 spiro atoms. The molecule has 6 nitrogen and oxygen atoms in total. The van der Waals surface area contributed by atoms with Crippen LogP contribution >= 0.6 is 0 Å². The van der Waals surface area contributed by atoms with E-state index in [0.717, 1.165) is 29.6 Å². The number of esters is 1. The van der Waals surface area contributed by atoms with Gasteiger partial charge in [0.1, 0.15) is 6.04 Å². The van der Waals surface area contributed by atoms with E-state index < -0.39 is 12.0 Å². The fourth-order valence-corrected chi connectivity index (χ4v) is 3.56. The Morgan fingerprint density at radius 1 is 1.24 bits per heavy atom. The molecule has 134 valence electrons. The molecule has 0 saturated carbocycles. The molecule has 3 rings (SSSR count). The number of ether oxygens (including phenoxy) is 1. The highest BCUT2D eigenvalue weighted by Gasteiger charge is 2.25. The average molecular weight is 344 g/mol. The summed E-state index contributed by atoms with van der Waals surface area (Å²) in [5.74, 6) is -0.501. The van der Waals surface area contributed by atoms with Gasteiger partial charge in [0.25, 0.3) is 5.91 Å². The Morgan fingerprint density at radius 3 is 2.76 bits per heavy atom. The van der Waals surface area contributed by atoms with Gasteiger partial charge in [-0.3, -0.25) is 4.79 Å².